The maximum absolute atomic E-state index is 13.8. The van der Waals surface area contributed by atoms with Gasteiger partial charge in [0.15, 0.2) is 5.17 Å². The van der Waals surface area contributed by atoms with Crippen LogP contribution in [0.1, 0.15) is 38.8 Å². The van der Waals surface area contributed by atoms with Crippen molar-refractivity contribution in [1.29, 1.82) is 0 Å². The number of para-hydroxylation sites is 1. The maximum Gasteiger partial charge on any atom is 0.323 e. The average Bonchev–Trinajstić information content (AvgIpc) is 2.86. The van der Waals surface area contributed by atoms with E-state index in [-0.39, 0.29) is 17.6 Å². The molecule has 2 aromatic carbocycles. The van der Waals surface area contributed by atoms with Crippen molar-refractivity contribution in [3.05, 3.63) is 71.2 Å². The number of allylic oxidation sites excluding steroid dienone is 1. The second-order valence-corrected chi connectivity index (χ2v) is 9.41. The van der Waals surface area contributed by atoms with Crippen molar-refractivity contribution >= 4 is 40.2 Å². The summed E-state index contributed by atoms with van der Waals surface area (Å²) in [7, 11) is 0. The molecule has 0 spiro atoms. The largest absolute Gasteiger partial charge is 0.340 e. The lowest BCUT2D eigenvalue weighted by Crippen LogP contribution is -2.45. The quantitative estimate of drug-likeness (QED) is 0.558. The first-order chi connectivity index (χ1) is 16.9. The highest BCUT2D eigenvalue weighted by Gasteiger charge is 2.38. The summed E-state index contributed by atoms with van der Waals surface area (Å²) in [5, 5.41) is 6.20. The molecule has 3 amide bonds. The van der Waals surface area contributed by atoms with E-state index in [1.54, 1.807) is 36.0 Å². The minimum absolute atomic E-state index is 0.00217. The standard InChI is InChI=1S/C26H30FN5O2S/c1-4-31(5-2)24(33)22-17(3)28-26-32(15-8-16-35-26)23(22)18-11-13-19(14-12-18)29-25(34)30-21-10-7-6-9-20(21)27/h6-7,9-14,23H,4-5,8,15-16H2,1-3H3,(H2,29,30,34). The van der Waals surface area contributed by atoms with Crippen LogP contribution in [0, 0.1) is 5.82 Å². The van der Waals surface area contributed by atoms with E-state index in [2.05, 4.69) is 15.5 Å². The number of halogens is 1. The summed E-state index contributed by atoms with van der Waals surface area (Å²) in [6.07, 6.45) is 1.02. The number of nitrogens with one attached hydrogen (secondary N) is 2. The molecular weight excluding hydrogens is 465 g/mol. The van der Waals surface area contributed by atoms with Gasteiger partial charge in [0.05, 0.1) is 23.0 Å². The number of fused-ring (bicyclic) bond motifs is 1. The Bertz CT molecular complexity index is 1160. The number of hydrogen-bond donors (Lipinski definition) is 2. The van der Waals surface area contributed by atoms with Crippen LogP contribution in [0.2, 0.25) is 0 Å². The molecule has 184 valence electrons. The predicted octanol–water partition coefficient (Wildman–Crippen LogP) is 5.46. The molecule has 4 rings (SSSR count). The zero-order chi connectivity index (χ0) is 24.9. The van der Waals surface area contributed by atoms with Crippen molar-refractivity contribution in [2.75, 3.05) is 36.0 Å². The molecule has 0 aromatic heterocycles. The molecular formula is C26H30FN5O2S. The molecule has 0 bridgehead atoms. The first kappa shape index (κ1) is 24.8. The third-order valence-electron chi connectivity index (χ3n) is 6.15. The molecule has 2 aromatic rings. The monoisotopic (exact) mass is 495 g/mol. The van der Waals surface area contributed by atoms with Crippen LogP contribution in [0.5, 0.6) is 0 Å². The number of benzene rings is 2. The lowest BCUT2D eigenvalue weighted by atomic mass is 9.93. The highest BCUT2D eigenvalue weighted by atomic mass is 32.2. The number of urea groups is 1. The molecule has 2 aliphatic heterocycles. The summed E-state index contributed by atoms with van der Waals surface area (Å²) >= 11 is 1.72. The number of aliphatic imine (C=N–C) groups is 1. The van der Waals surface area contributed by atoms with Gasteiger partial charge in [-0.15, -0.1) is 0 Å². The van der Waals surface area contributed by atoms with Crippen LogP contribution in [-0.4, -0.2) is 52.3 Å². The fourth-order valence-corrected chi connectivity index (χ4v) is 5.39. The van der Waals surface area contributed by atoms with Gasteiger partial charge in [0.25, 0.3) is 5.91 Å². The van der Waals surface area contributed by atoms with Gasteiger partial charge in [-0.05, 0) is 57.0 Å². The second-order valence-electron chi connectivity index (χ2n) is 8.35. The number of anilines is 2. The van der Waals surface area contributed by atoms with Gasteiger partial charge in [-0.3, -0.25) is 4.79 Å². The number of carbonyl (C=O) groups excluding carboxylic acids is 2. The van der Waals surface area contributed by atoms with Crippen molar-refractivity contribution in [3.63, 3.8) is 0 Å². The first-order valence-corrected chi connectivity index (χ1v) is 12.8. The van der Waals surface area contributed by atoms with E-state index in [0.717, 1.165) is 35.1 Å². The van der Waals surface area contributed by atoms with Gasteiger partial charge >= 0.3 is 6.03 Å². The molecule has 7 nitrogen and oxygen atoms in total. The number of likely N-dealkylation sites (N-methyl/N-ethyl adjacent to an activating group) is 1. The maximum atomic E-state index is 13.8. The van der Waals surface area contributed by atoms with Crippen molar-refractivity contribution < 1.29 is 14.0 Å². The third-order valence-corrected chi connectivity index (χ3v) is 7.22. The van der Waals surface area contributed by atoms with E-state index in [1.807, 2.05) is 37.8 Å². The molecule has 0 radical (unpaired) electrons. The highest BCUT2D eigenvalue weighted by Crippen LogP contribution is 2.40. The van der Waals surface area contributed by atoms with E-state index in [1.165, 1.54) is 12.1 Å². The lowest BCUT2D eigenvalue weighted by Gasteiger charge is -2.41. The molecule has 0 aliphatic carbocycles. The topological polar surface area (TPSA) is 77.0 Å². The Morgan fingerprint density at radius 3 is 2.51 bits per heavy atom. The number of amidine groups is 1. The van der Waals surface area contributed by atoms with Crippen molar-refractivity contribution in [3.8, 4) is 0 Å². The Kier molecular flexibility index (Phi) is 7.75. The fourth-order valence-electron chi connectivity index (χ4n) is 4.37. The molecule has 2 heterocycles. The smallest absolute Gasteiger partial charge is 0.323 e. The molecule has 9 heteroatoms. The highest BCUT2D eigenvalue weighted by molar-refractivity contribution is 8.13. The van der Waals surface area contributed by atoms with Crippen LogP contribution in [0.25, 0.3) is 0 Å². The van der Waals surface area contributed by atoms with Gasteiger partial charge in [-0.2, -0.15) is 0 Å². The molecule has 1 saturated heterocycles. The summed E-state index contributed by atoms with van der Waals surface area (Å²) in [6.45, 7) is 7.95. The molecule has 35 heavy (non-hydrogen) atoms. The van der Waals surface area contributed by atoms with E-state index in [9.17, 15) is 14.0 Å². The van der Waals surface area contributed by atoms with Crippen LogP contribution in [0.15, 0.2) is 64.8 Å². The van der Waals surface area contributed by atoms with Gasteiger partial charge < -0.3 is 20.4 Å². The number of thioether (sulfide) groups is 1. The molecule has 2 aliphatic rings. The van der Waals surface area contributed by atoms with E-state index in [0.29, 0.717) is 24.4 Å². The number of amides is 3. The van der Waals surface area contributed by atoms with Crippen LogP contribution in [0.4, 0.5) is 20.6 Å². The SMILES string of the molecule is CCN(CC)C(=O)C1=C(C)N=C2SCCCN2C1c1ccc(NC(=O)Nc2ccccc2F)cc1. The number of carbonyl (C=O) groups is 2. The van der Waals surface area contributed by atoms with E-state index < -0.39 is 11.8 Å². The Hall–Kier alpha value is -3.33. The zero-order valence-corrected chi connectivity index (χ0v) is 21.0. The van der Waals surface area contributed by atoms with Crippen LogP contribution in [-0.2, 0) is 4.79 Å². The molecule has 1 atom stereocenters. The molecule has 1 fully saturated rings. The molecule has 2 N–H and O–H groups in total. The van der Waals surface area contributed by atoms with E-state index in [4.69, 9.17) is 4.99 Å². The number of rotatable bonds is 6. The van der Waals surface area contributed by atoms with Crippen molar-refractivity contribution in [2.45, 2.75) is 33.2 Å². The Morgan fingerprint density at radius 2 is 1.83 bits per heavy atom. The fraction of sp³-hybridized carbons (Fsp3) is 0.346. The minimum atomic E-state index is -0.532. The molecule has 1 unspecified atom stereocenters. The van der Waals surface area contributed by atoms with Crippen LogP contribution >= 0.6 is 11.8 Å². The van der Waals surface area contributed by atoms with Crippen molar-refractivity contribution in [1.82, 2.24) is 9.80 Å². The molecule has 0 saturated carbocycles. The van der Waals surface area contributed by atoms with E-state index >= 15 is 0 Å². The summed E-state index contributed by atoms with van der Waals surface area (Å²) < 4.78 is 13.8. The van der Waals surface area contributed by atoms with Gasteiger partial charge in [0, 0.05) is 31.1 Å². The lowest BCUT2D eigenvalue weighted by molar-refractivity contribution is -0.127. The first-order valence-electron chi connectivity index (χ1n) is 11.8. The van der Waals surface area contributed by atoms with Gasteiger partial charge in [-0.25, -0.2) is 14.2 Å². The van der Waals surface area contributed by atoms with Gasteiger partial charge in [-0.1, -0.05) is 36.0 Å². The Morgan fingerprint density at radius 1 is 1.11 bits per heavy atom. The van der Waals surface area contributed by atoms with Crippen LogP contribution < -0.4 is 10.6 Å². The normalized spacial score (nSPS) is 17.4. The summed E-state index contributed by atoms with van der Waals surface area (Å²) in [4.78, 5) is 34.7. The predicted molar refractivity (Wildman–Crippen MR) is 140 cm³/mol. The van der Waals surface area contributed by atoms with Crippen molar-refractivity contribution in [2.24, 2.45) is 4.99 Å². The van der Waals surface area contributed by atoms with Gasteiger partial charge in [0.1, 0.15) is 5.82 Å². The number of nitrogens with zero attached hydrogens (tertiary/aromatic N) is 3. The zero-order valence-electron chi connectivity index (χ0n) is 20.2. The second kappa shape index (κ2) is 10.9. The Labute approximate surface area is 209 Å². The summed E-state index contributed by atoms with van der Waals surface area (Å²) in [5.74, 6) is 0.510. The average molecular weight is 496 g/mol. The van der Waals surface area contributed by atoms with Gasteiger partial charge in [0.2, 0.25) is 0 Å². The Balaban J connectivity index is 1.59. The summed E-state index contributed by atoms with van der Waals surface area (Å²) in [5.41, 5.74) is 3.07. The number of hydrogen-bond acceptors (Lipinski definition) is 5. The minimum Gasteiger partial charge on any atom is -0.340 e. The third kappa shape index (κ3) is 5.35. The van der Waals surface area contributed by atoms with Crippen LogP contribution in [0.3, 0.4) is 0 Å². The summed E-state index contributed by atoms with van der Waals surface area (Å²) in [6, 6.07) is 12.7.